The van der Waals surface area contributed by atoms with Gasteiger partial charge in [0.05, 0.1) is 0 Å². The fourth-order valence-corrected chi connectivity index (χ4v) is 4.79. The van der Waals surface area contributed by atoms with Crippen LogP contribution < -0.4 is 11.2 Å². The highest BCUT2D eigenvalue weighted by Crippen LogP contribution is 2.40. The summed E-state index contributed by atoms with van der Waals surface area (Å²) < 4.78 is 0. The van der Waals surface area contributed by atoms with E-state index in [2.05, 4.69) is 16.9 Å². The number of hydrogen-bond donors (Lipinski definition) is 2. The van der Waals surface area contributed by atoms with Gasteiger partial charge in [0.1, 0.15) is 0 Å². The zero-order valence-electron chi connectivity index (χ0n) is 16.3. The van der Waals surface area contributed by atoms with Gasteiger partial charge in [-0.15, -0.1) is 0 Å². The average molecular weight is 382 g/mol. The van der Waals surface area contributed by atoms with E-state index < -0.39 is 5.91 Å². The van der Waals surface area contributed by atoms with E-state index >= 15 is 0 Å². The summed E-state index contributed by atoms with van der Waals surface area (Å²) in [7, 11) is 3.96. The molecule has 148 valence electrons. The molecule has 1 unspecified atom stereocenters. The molecule has 1 aromatic carbocycles. The Labute approximate surface area is 163 Å². The number of aromatic nitrogens is 1. The first-order chi connectivity index (χ1) is 13.3. The van der Waals surface area contributed by atoms with Crippen LogP contribution in [0, 0.1) is 11.8 Å². The first kappa shape index (κ1) is 18.7. The molecule has 1 aliphatic heterocycles. The molecule has 1 saturated heterocycles. The molecule has 4 rings (SSSR count). The molecule has 2 aliphatic rings. The largest absolute Gasteiger partial charge is 0.366 e. The molecule has 0 spiro atoms. The molecule has 28 heavy (non-hydrogen) atoms. The van der Waals surface area contributed by atoms with E-state index in [-0.39, 0.29) is 11.3 Å². The topological polar surface area (TPSA) is 99.5 Å². The highest BCUT2D eigenvalue weighted by atomic mass is 16.2. The standard InChI is InChI=1S/C21H26N4O3/c1-24(16-5-13-8-20(27)25(2)10-14(13)6-16)11-15-9-19(26)17-7-12(21(22)28)3-4-18(17)23-15/h3-4,7,9,13-14,16H,5-6,8,10-11H2,1-2H3,(H2,22,28)(H,23,26)/t13-,14-,16?/m0/s1. The molecule has 2 aromatic rings. The van der Waals surface area contributed by atoms with Crippen molar-refractivity contribution in [1.82, 2.24) is 14.8 Å². The number of likely N-dealkylation sites (tertiary alicyclic amines) is 1. The summed E-state index contributed by atoms with van der Waals surface area (Å²) in [5.74, 6) is 0.743. The number of piperidine rings is 1. The van der Waals surface area contributed by atoms with Crippen molar-refractivity contribution in [2.75, 3.05) is 20.6 Å². The van der Waals surface area contributed by atoms with Crippen LogP contribution in [0.1, 0.15) is 35.3 Å². The molecule has 2 amide bonds. The molecule has 7 nitrogen and oxygen atoms in total. The summed E-state index contributed by atoms with van der Waals surface area (Å²) in [5, 5.41) is 0.469. The Kier molecular flexibility index (Phi) is 4.71. The van der Waals surface area contributed by atoms with Gasteiger partial charge in [-0.05, 0) is 49.9 Å². The van der Waals surface area contributed by atoms with Gasteiger partial charge in [0, 0.05) is 60.8 Å². The molecular formula is C21H26N4O3. The number of carbonyl (C=O) groups is 2. The SMILES string of the molecule is CN1C[C@@H]2CC(N(C)Cc3cc(=O)c4cc(C(N)=O)ccc4[nH]3)C[C@H]2CC1=O. The second-order valence-corrected chi connectivity index (χ2v) is 8.32. The molecule has 0 bridgehead atoms. The number of pyridine rings is 1. The molecule has 3 atom stereocenters. The smallest absolute Gasteiger partial charge is 0.248 e. The minimum atomic E-state index is -0.545. The molecular weight excluding hydrogens is 356 g/mol. The lowest BCUT2D eigenvalue weighted by atomic mass is 9.88. The quantitative estimate of drug-likeness (QED) is 0.833. The van der Waals surface area contributed by atoms with Gasteiger partial charge in [0.15, 0.2) is 5.43 Å². The van der Waals surface area contributed by atoms with Gasteiger partial charge >= 0.3 is 0 Å². The molecule has 0 radical (unpaired) electrons. The van der Waals surface area contributed by atoms with Crippen LogP contribution in [0.3, 0.4) is 0 Å². The highest BCUT2D eigenvalue weighted by molar-refractivity contribution is 5.96. The predicted molar refractivity (Wildman–Crippen MR) is 107 cm³/mol. The van der Waals surface area contributed by atoms with Crippen LogP contribution in [-0.4, -0.2) is 53.3 Å². The maximum atomic E-state index is 12.5. The number of nitrogens with zero attached hydrogens (tertiary/aromatic N) is 2. The number of aromatic amines is 1. The fraction of sp³-hybridized carbons (Fsp3) is 0.476. The summed E-state index contributed by atoms with van der Waals surface area (Å²) in [6.45, 7) is 1.49. The van der Waals surface area contributed by atoms with Crippen molar-refractivity contribution in [3.05, 3.63) is 45.7 Å². The van der Waals surface area contributed by atoms with Crippen LogP contribution in [0.2, 0.25) is 0 Å². The van der Waals surface area contributed by atoms with Gasteiger partial charge in [0.25, 0.3) is 0 Å². The van der Waals surface area contributed by atoms with Gasteiger partial charge in [-0.1, -0.05) is 0 Å². The lowest BCUT2D eigenvalue weighted by Crippen LogP contribution is -2.39. The maximum absolute atomic E-state index is 12.5. The Morgan fingerprint density at radius 1 is 1.25 bits per heavy atom. The summed E-state index contributed by atoms with van der Waals surface area (Å²) >= 11 is 0. The number of primary amides is 1. The summed E-state index contributed by atoms with van der Waals surface area (Å²) in [6, 6.07) is 6.91. The maximum Gasteiger partial charge on any atom is 0.248 e. The second kappa shape index (κ2) is 7.05. The Morgan fingerprint density at radius 2 is 2.00 bits per heavy atom. The van der Waals surface area contributed by atoms with E-state index in [9.17, 15) is 14.4 Å². The van der Waals surface area contributed by atoms with E-state index in [1.807, 2.05) is 11.9 Å². The fourth-order valence-electron chi connectivity index (χ4n) is 4.79. The number of nitrogens with one attached hydrogen (secondary N) is 1. The van der Waals surface area contributed by atoms with E-state index in [0.717, 1.165) is 25.1 Å². The van der Waals surface area contributed by atoms with Crippen molar-refractivity contribution in [3.8, 4) is 0 Å². The van der Waals surface area contributed by atoms with E-state index in [1.54, 1.807) is 24.3 Å². The van der Waals surface area contributed by atoms with Crippen molar-refractivity contribution in [3.63, 3.8) is 0 Å². The highest BCUT2D eigenvalue weighted by Gasteiger charge is 2.41. The predicted octanol–water partition coefficient (Wildman–Crippen LogP) is 1.32. The molecule has 2 fully saturated rings. The number of benzene rings is 1. The molecule has 3 N–H and O–H groups in total. The molecule has 7 heteroatoms. The first-order valence-corrected chi connectivity index (χ1v) is 9.72. The minimum absolute atomic E-state index is 0.118. The van der Waals surface area contributed by atoms with E-state index in [1.165, 1.54) is 0 Å². The van der Waals surface area contributed by atoms with Gasteiger partial charge in [-0.2, -0.15) is 0 Å². The number of nitrogens with two attached hydrogens (primary N) is 1. The molecule has 1 aromatic heterocycles. The molecule has 1 aliphatic carbocycles. The second-order valence-electron chi connectivity index (χ2n) is 8.32. The van der Waals surface area contributed by atoms with Crippen LogP contribution in [0.5, 0.6) is 0 Å². The Balaban J connectivity index is 1.50. The first-order valence-electron chi connectivity index (χ1n) is 9.72. The van der Waals surface area contributed by atoms with Crippen molar-refractivity contribution in [2.24, 2.45) is 17.6 Å². The monoisotopic (exact) mass is 382 g/mol. The number of hydrogen-bond acceptors (Lipinski definition) is 4. The summed E-state index contributed by atoms with van der Waals surface area (Å²) in [4.78, 5) is 43.3. The number of fused-ring (bicyclic) bond motifs is 2. The van der Waals surface area contributed by atoms with Gasteiger partial charge in [-0.25, -0.2) is 0 Å². The minimum Gasteiger partial charge on any atom is -0.366 e. The summed E-state index contributed by atoms with van der Waals surface area (Å²) in [5.41, 5.74) is 7.06. The third kappa shape index (κ3) is 3.42. The Hall–Kier alpha value is -2.67. The third-order valence-corrected chi connectivity index (χ3v) is 6.40. The lowest BCUT2D eigenvalue weighted by molar-refractivity contribution is -0.134. The van der Waals surface area contributed by atoms with Gasteiger partial charge < -0.3 is 15.6 Å². The van der Waals surface area contributed by atoms with Crippen molar-refractivity contribution in [2.45, 2.75) is 31.8 Å². The summed E-state index contributed by atoms with van der Waals surface area (Å²) in [6.07, 6.45) is 2.76. The van der Waals surface area contributed by atoms with Crippen LogP contribution >= 0.6 is 0 Å². The number of carbonyl (C=O) groups excluding carboxylic acids is 2. The lowest BCUT2D eigenvalue weighted by Gasteiger charge is -2.31. The zero-order valence-corrected chi connectivity index (χ0v) is 16.3. The van der Waals surface area contributed by atoms with Crippen molar-refractivity contribution < 1.29 is 9.59 Å². The zero-order chi connectivity index (χ0) is 20.0. The van der Waals surface area contributed by atoms with Crippen LogP contribution in [0.4, 0.5) is 0 Å². The van der Waals surface area contributed by atoms with Crippen molar-refractivity contribution >= 4 is 22.7 Å². The van der Waals surface area contributed by atoms with Crippen molar-refractivity contribution in [1.29, 1.82) is 0 Å². The van der Waals surface area contributed by atoms with Gasteiger partial charge in [0.2, 0.25) is 11.8 Å². The normalized spacial score (nSPS) is 24.8. The van der Waals surface area contributed by atoms with Crippen LogP contribution in [0.25, 0.3) is 10.9 Å². The van der Waals surface area contributed by atoms with E-state index in [4.69, 9.17) is 5.73 Å². The number of H-pyrrole nitrogens is 1. The average Bonchev–Trinajstić information content (AvgIpc) is 3.04. The van der Waals surface area contributed by atoms with Crippen LogP contribution in [-0.2, 0) is 11.3 Å². The number of amides is 2. The number of rotatable bonds is 4. The Bertz CT molecular complexity index is 999. The third-order valence-electron chi connectivity index (χ3n) is 6.40. The van der Waals surface area contributed by atoms with Crippen LogP contribution in [0.15, 0.2) is 29.1 Å². The van der Waals surface area contributed by atoms with Gasteiger partial charge in [-0.3, -0.25) is 19.3 Å². The molecule has 1 saturated carbocycles. The molecule has 2 heterocycles. The van der Waals surface area contributed by atoms with E-state index in [0.29, 0.717) is 47.3 Å². The Morgan fingerprint density at radius 3 is 2.75 bits per heavy atom.